The highest BCUT2D eigenvalue weighted by Crippen LogP contribution is 2.26. The molecule has 4 nitrogen and oxygen atoms in total. The average Bonchev–Trinajstić information content (AvgIpc) is 3.13. The van der Waals surface area contributed by atoms with Gasteiger partial charge in [0, 0.05) is 22.4 Å². The first kappa shape index (κ1) is 16.3. The van der Waals surface area contributed by atoms with Crippen LogP contribution in [0.2, 0.25) is 0 Å². The normalized spacial score (nSPS) is 10.2. The number of rotatable bonds is 6. The molecule has 3 rings (SSSR count). The first-order valence-electron chi connectivity index (χ1n) is 7.09. The number of halogens is 1. The quantitative estimate of drug-likeness (QED) is 0.616. The molecule has 0 saturated carbocycles. The predicted octanol–water partition coefficient (Wildman–Crippen LogP) is 4.89. The molecule has 0 aliphatic carbocycles. The lowest BCUT2D eigenvalue weighted by Gasteiger charge is -2.10. The van der Waals surface area contributed by atoms with E-state index in [-0.39, 0.29) is 5.82 Å². The molecular weight excluding hydrogens is 343 g/mol. The first-order chi connectivity index (χ1) is 11.8. The lowest BCUT2D eigenvalue weighted by atomic mass is 10.1. The van der Waals surface area contributed by atoms with Crippen molar-refractivity contribution in [3.8, 4) is 6.07 Å². The summed E-state index contributed by atoms with van der Waals surface area (Å²) in [4.78, 5) is 5.04. The van der Waals surface area contributed by atoms with Gasteiger partial charge in [-0.05, 0) is 36.2 Å². The van der Waals surface area contributed by atoms with Crippen LogP contribution in [0.4, 0.5) is 15.9 Å². The summed E-state index contributed by atoms with van der Waals surface area (Å²) in [5.74, 6) is 0.522. The number of nitrogens with zero attached hydrogens (tertiary/aromatic N) is 2. The van der Waals surface area contributed by atoms with Crippen LogP contribution in [-0.4, -0.2) is 4.98 Å². The number of hydrogen-bond donors (Lipinski definition) is 2. The van der Waals surface area contributed by atoms with E-state index in [1.165, 1.54) is 29.4 Å². The largest absolute Gasteiger partial charge is 0.380 e. The van der Waals surface area contributed by atoms with Gasteiger partial charge in [-0.25, -0.2) is 9.37 Å². The Hall–Kier alpha value is -2.56. The summed E-state index contributed by atoms with van der Waals surface area (Å²) in [7, 11) is 0. The fourth-order valence-electron chi connectivity index (χ4n) is 2.04. The number of hydrogen-bond acceptors (Lipinski definition) is 6. The van der Waals surface area contributed by atoms with Crippen LogP contribution >= 0.6 is 23.3 Å². The van der Waals surface area contributed by atoms with Crippen molar-refractivity contribution in [3.63, 3.8) is 0 Å². The van der Waals surface area contributed by atoms with Gasteiger partial charge in [0.15, 0.2) is 0 Å². The molecule has 3 aromatic rings. The van der Waals surface area contributed by atoms with Crippen LogP contribution < -0.4 is 10.0 Å². The third kappa shape index (κ3) is 4.04. The van der Waals surface area contributed by atoms with Gasteiger partial charge in [0.05, 0.1) is 16.8 Å². The summed E-state index contributed by atoms with van der Waals surface area (Å²) in [6.45, 7) is 0.324. The van der Waals surface area contributed by atoms with Gasteiger partial charge in [0.25, 0.3) is 0 Å². The second-order valence-corrected chi connectivity index (χ2v) is 6.44. The molecule has 1 aromatic heterocycles. The van der Waals surface area contributed by atoms with Crippen LogP contribution in [0, 0.1) is 17.1 Å². The lowest BCUT2D eigenvalue weighted by molar-refractivity contribution is 0.613. The maximum absolute atomic E-state index is 13.7. The van der Waals surface area contributed by atoms with E-state index in [0.717, 1.165) is 10.7 Å². The van der Waals surface area contributed by atoms with Crippen molar-refractivity contribution in [1.29, 1.82) is 5.26 Å². The minimum Gasteiger partial charge on any atom is -0.380 e. The molecule has 0 aliphatic rings. The molecule has 0 amide bonds. The topological polar surface area (TPSA) is 60.7 Å². The van der Waals surface area contributed by atoms with Gasteiger partial charge in [-0.2, -0.15) is 5.26 Å². The molecule has 0 atom stereocenters. The third-order valence-corrected chi connectivity index (χ3v) is 4.63. The van der Waals surface area contributed by atoms with E-state index >= 15 is 0 Å². The maximum atomic E-state index is 13.7. The maximum Gasteiger partial charge on any atom is 0.147 e. The fourth-order valence-corrected chi connectivity index (χ4v) is 3.25. The molecule has 120 valence electrons. The number of anilines is 2. The zero-order chi connectivity index (χ0) is 16.8. The molecule has 7 heteroatoms. The Labute approximate surface area is 147 Å². The van der Waals surface area contributed by atoms with Crippen LogP contribution in [0.5, 0.6) is 0 Å². The van der Waals surface area contributed by atoms with Gasteiger partial charge in [0.2, 0.25) is 0 Å². The molecule has 0 aliphatic heterocycles. The number of nitrogens with one attached hydrogen (secondary N) is 2. The molecule has 1 heterocycles. The standard InChI is InChI=1S/C17H13FN4S2/c18-15-4-2-1-3-12(15)9-20-16-6-5-14(7-13(16)8-19)24-22-17-10-23-11-21-17/h1-7,10-11,20,22H,9H2. The van der Waals surface area contributed by atoms with E-state index in [9.17, 15) is 9.65 Å². The molecule has 0 spiro atoms. The molecule has 2 N–H and O–H groups in total. The Morgan fingerprint density at radius 1 is 1.25 bits per heavy atom. The Balaban J connectivity index is 1.68. The van der Waals surface area contributed by atoms with Crippen molar-refractivity contribution in [1.82, 2.24) is 4.98 Å². The fraction of sp³-hybridized carbons (Fsp3) is 0.0588. The van der Waals surface area contributed by atoms with Crippen molar-refractivity contribution < 1.29 is 4.39 Å². The Kier molecular flexibility index (Phi) is 5.31. The molecule has 0 bridgehead atoms. The van der Waals surface area contributed by atoms with Gasteiger partial charge in [-0.3, -0.25) is 0 Å². The van der Waals surface area contributed by atoms with Crippen LogP contribution in [0.3, 0.4) is 0 Å². The Morgan fingerprint density at radius 3 is 2.88 bits per heavy atom. The van der Waals surface area contributed by atoms with Gasteiger partial charge < -0.3 is 10.0 Å². The van der Waals surface area contributed by atoms with Crippen LogP contribution in [0.15, 0.2) is 58.3 Å². The smallest absolute Gasteiger partial charge is 0.147 e. The minimum absolute atomic E-state index is 0.261. The molecule has 0 saturated heterocycles. The van der Waals surface area contributed by atoms with Crippen molar-refractivity contribution >= 4 is 34.8 Å². The van der Waals surface area contributed by atoms with E-state index in [1.54, 1.807) is 29.8 Å². The van der Waals surface area contributed by atoms with E-state index in [4.69, 9.17) is 0 Å². The van der Waals surface area contributed by atoms with Gasteiger partial charge in [-0.15, -0.1) is 11.3 Å². The summed E-state index contributed by atoms with van der Waals surface area (Å²) >= 11 is 2.90. The first-order valence-corrected chi connectivity index (χ1v) is 8.84. The highest BCUT2D eigenvalue weighted by Gasteiger charge is 2.06. The molecule has 0 fully saturated rings. The highest BCUT2D eigenvalue weighted by molar-refractivity contribution is 8.00. The van der Waals surface area contributed by atoms with Gasteiger partial charge in [-0.1, -0.05) is 18.2 Å². The number of benzene rings is 2. The van der Waals surface area contributed by atoms with Crippen molar-refractivity contribution in [3.05, 3.63) is 70.3 Å². The summed E-state index contributed by atoms with van der Waals surface area (Å²) in [5.41, 5.74) is 3.50. The molecule has 0 unspecified atom stereocenters. The van der Waals surface area contributed by atoms with E-state index in [0.29, 0.717) is 23.4 Å². The van der Waals surface area contributed by atoms with E-state index in [1.807, 2.05) is 17.5 Å². The third-order valence-electron chi connectivity index (χ3n) is 3.24. The zero-order valence-corrected chi connectivity index (χ0v) is 14.1. The van der Waals surface area contributed by atoms with E-state index in [2.05, 4.69) is 21.1 Å². The van der Waals surface area contributed by atoms with Gasteiger partial charge >= 0.3 is 0 Å². The average molecular weight is 356 g/mol. The Morgan fingerprint density at radius 2 is 2.12 bits per heavy atom. The second-order valence-electron chi connectivity index (χ2n) is 4.84. The number of nitriles is 1. The summed E-state index contributed by atoms with van der Waals surface area (Å²) in [6, 6.07) is 14.3. The minimum atomic E-state index is -0.261. The summed E-state index contributed by atoms with van der Waals surface area (Å²) in [6.07, 6.45) is 0. The monoisotopic (exact) mass is 356 g/mol. The van der Waals surface area contributed by atoms with Crippen LogP contribution in [-0.2, 0) is 6.54 Å². The molecule has 0 radical (unpaired) electrons. The molecule has 24 heavy (non-hydrogen) atoms. The molecule has 2 aromatic carbocycles. The number of aromatic nitrogens is 1. The van der Waals surface area contributed by atoms with Crippen molar-refractivity contribution in [2.45, 2.75) is 11.4 Å². The predicted molar refractivity (Wildman–Crippen MR) is 96.5 cm³/mol. The highest BCUT2D eigenvalue weighted by atomic mass is 32.2. The SMILES string of the molecule is N#Cc1cc(SNc2cscn2)ccc1NCc1ccccc1F. The zero-order valence-electron chi connectivity index (χ0n) is 12.5. The summed E-state index contributed by atoms with van der Waals surface area (Å²) < 4.78 is 16.8. The number of thiazole rings is 1. The van der Waals surface area contributed by atoms with Crippen LogP contribution in [0.1, 0.15) is 11.1 Å². The second kappa shape index (κ2) is 7.81. The Bertz CT molecular complexity index is 859. The van der Waals surface area contributed by atoms with Gasteiger partial charge in [0.1, 0.15) is 17.7 Å². The molecular formula is C17H13FN4S2. The lowest BCUT2D eigenvalue weighted by Crippen LogP contribution is -2.03. The summed E-state index contributed by atoms with van der Waals surface area (Å²) in [5, 5.41) is 14.4. The van der Waals surface area contributed by atoms with E-state index < -0.39 is 0 Å². The van der Waals surface area contributed by atoms with Crippen molar-refractivity contribution in [2.75, 3.05) is 10.0 Å². The van der Waals surface area contributed by atoms with Crippen molar-refractivity contribution in [2.24, 2.45) is 0 Å². The van der Waals surface area contributed by atoms with Crippen LogP contribution in [0.25, 0.3) is 0 Å².